The molecular formula is C22H24N4O3. The van der Waals surface area contributed by atoms with Crippen molar-refractivity contribution in [1.82, 2.24) is 19.7 Å². The number of carbonyl (C=O) groups is 3. The number of piperazine rings is 1. The number of fused-ring (bicyclic) bond motifs is 1. The van der Waals surface area contributed by atoms with Crippen molar-refractivity contribution in [2.24, 2.45) is 0 Å². The van der Waals surface area contributed by atoms with Crippen LogP contribution in [0.4, 0.5) is 0 Å². The number of hydrogen-bond acceptors (Lipinski definition) is 4. The number of aryl methyl sites for hydroxylation is 1. The smallest absolute Gasteiger partial charge is 0.255 e. The molecule has 0 aliphatic carbocycles. The number of carbonyl (C=O) groups excluding carboxylic acids is 3. The van der Waals surface area contributed by atoms with Crippen LogP contribution in [0.3, 0.4) is 0 Å². The van der Waals surface area contributed by atoms with Crippen LogP contribution in [0.2, 0.25) is 0 Å². The molecule has 7 nitrogen and oxygen atoms in total. The van der Waals surface area contributed by atoms with Crippen molar-refractivity contribution in [1.29, 1.82) is 0 Å². The van der Waals surface area contributed by atoms with Gasteiger partial charge in [-0.25, -0.2) is 0 Å². The maximum Gasteiger partial charge on any atom is 0.255 e. The Morgan fingerprint density at radius 1 is 1.10 bits per heavy atom. The quantitative estimate of drug-likeness (QED) is 0.793. The summed E-state index contributed by atoms with van der Waals surface area (Å²) in [6, 6.07) is 11.0. The highest BCUT2D eigenvalue weighted by Crippen LogP contribution is 2.21. The third-order valence-electron chi connectivity index (χ3n) is 5.53. The minimum atomic E-state index is -0.506. The lowest BCUT2D eigenvalue weighted by molar-refractivity contribution is -0.156. The fourth-order valence-electron chi connectivity index (χ4n) is 4.02. The average Bonchev–Trinajstić information content (AvgIpc) is 2.96. The van der Waals surface area contributed by atoms with Gasteiger partial charge in [0.2, 0.25) is 11.8 Å². The van der Waals surface area contributed by atoms with Crippen molar-refractivity contribution in [3.05, 3.63) is 65.5 Å². The van der Waals surface area contributed by atoms with Crippen LogP contribution in [0.1, 0.15) is 27.9 Å². The van der Waals surface area contributed by atoms with Crippen molar-refractivity contribution in [2.45, 2.75) is 25.9 Å². The van der Waals surface area contributed by atoms with Crippen LogP contribution in [-0.4, -0.2) is 69.6 Å². The summed E-state index contributed by atoms with van der Waals surface area (Å²) in [6.07, 6.45) is 3.71. The van der Waals surface area contributed by atoms with Gasteiger partial charge in [0.1, 0.15) is 12.6 Å². The minimum Gasteiger partial charge on any atom is -0.337 e. The standard InChI is InChI=1S/C22H24N4O3/c1-16-11-18(13-23-12-16)21(28)24-8-7-19-22(29)25(14-17-5-3-2-4-6-17)15-20(27)26(19)10-9-24/h2-6,11-13,19H,7-10,14-15H2,1H3. The number of pyridine rings is 1. The zero-order chi connectivity index (χ0) is 20.4. The summed E-state index contributed by atoms with van der Waals surface area (Å²) < 4.78 is 0. The Morgan fingerprint density at radius 2 is 1.90 bits per heavy atom. The first-order valence-corrected chi connectivity index (χ1v) is 9.86. The highest BCUT2D eigenvalue weighted by atomic mass is 16.2. The van der Waals surface area contributed by atoms with Crippen LogP contribution in [0, 0.1) is 6.92 Å². The summed E-state index contributed by atoms with van der Waals surface area (Å²) in [4.78, 5) is 47.8. The summed E-state index contributed by atoms with van der Waals surface area (Å²) in [7, 11) is 0. The van der Waals surface area contributed by atoms with Gasteiger partial charge in [0.15, 0.2) is 0 Å². The first-order chi connectivity index (χ1) is 14.0. The van der Waals surface area contributed by atoms with E-state index in [9.17, 15) is 14.4 Å². The van der Waals surface area contributed by atoms with Gasteiger partial charge in [-0.3, -0.25) is 19.4 Å². The first-order valence-electron chi connectivity index (χ1n) is 9.86. The molecular weight excluding hydrogens is 368 g/mol. The molecule has 0 N–H and O–H groups in total. The van der Waals surface area contributed by atoms with E-state index >= 15 is 0 Å². The molecule has 2 fully saturated rings. The Hall–Kier alpha value is -3.22. The highest BCUT2D eigenvalue weighted by Gasteiger charge is 2.41. The Balaban J connectivity index is 1.48. The Labute approximate surface area is 169 Å². The molecule has 29 heavy (non-hydrogen) atoms. The van der Waals surface area contributed by atoms with Gasteiger partial charge in [-0.1, -0.05) is 30.3 Å². The predicted molar refractivity (Wildman–Crippen MR) is 107 cm³/mol. The van der Waals surface area contributed by atoms with E-state index in [1.165, 1.54) is 0 Å². The fraction of sp³-hybridized carbons (Fsp3) is 0.364. The summed E-state index contributed by atoms with van der Waals surface area (Å²) in [5, 5.41) is 0. The van der Waals surface area contributed by atoms with Gasteiger partial charge in [-0.2, -0.15) is 0 Å². The maximum atomic E-state index is 13.1. The summed E-state index contributed by atoms with van der Waals surface area (Å²) in [5.41, 5.74) is 2.46. The van der Waals surface area contributed by atoms with E-state index in [2.05, 4.69) is 4.98 Å². The largest absolute Gasteiger partial charge is 0.337 e. The second-order valence-corrected chi connectivity index (χ2v) is 7.61. The molecule has 2 aliphatic rings. The van der Waals surface area contributed by atoms with Crippen molar-refractivity contribution in [3.8, 4) is 0 Å². The van der Waals surface area contributed by atoms with Crippen LogP contribution >= 0.6 is 0 Å². The van der Waals surface area contributed by atoms with Crippen LogP contribution in [-0.2, 0) is 16.1 Å². The zero-order valence-corrected chi connectivity index (χ0v) is 16.5. The fourth-order valence-corrected chi connectivity index (χ4v) is 4.02. The zero-order valence-electron chi connectivity index (χ0n) is 16.5. The van der Waals surface area contributed by atoms with E-state index < -0.39 is 6.04 Å². The van der Waals surface area contributed by atoms with Crippen LogP contribution in [0.15, 0.2) is 48.8 Å². The van der Waals surface area contributed by atoms with E-state index in [1.807, 2.05) is 43.3 Å². The van der Waals surface area contributed by atoms with E-state index in [1.54, 1.807) is 27.1 Å². The second kappa shape index (κ2) is 8.03. The lowest BCUT2D eigenvalue weighted by Crippen LogP contribution is -2.59. The molecule has 0 bridgehead atoms. The highest BCUT2D eigenvalue weighted by molar-refractivity contribution is 5.96. The number of amides is 3. The molecule has 7 heteroatoms. The van der Waals surface area contributed by atoms with E-state index in [-0.39, 0.29) is 24.3 Å². The SMILES string of the molecule is Cc1cncc(C(=O)N2CCC3C(=O)N(Cc4ccccc4)CC(=O)N3CC2)c1. The van der Waals surface area contributed by atoms with Gasteiger partial charge in [0, 0.05) is 38.6 Å². The molecule has 4 rings (SSSR count). The van der Waals surface area contributed by atoms with Crippen LogP contribution < -0.4 is 0 Å². The number of rotatable bonds is 3. The average molecular weight is 392 g/mol. The first kappa shape index (κ1) is 19.1. The number of nitrogens with zero attached hydrogens (tertiary/aromatic N) is 4. The Morgan fingerprint density at radius 3 is 2.66 bits per heavy atom. The number of hydrogen-bond donors (Lipinski definition) is 0. The van der Waals surface area contributed by atoms with E-state index in [0.717, 1.165) is 11.1 Å². The molecule has 1 aromatic heterocycles. The Bertz CT molecular complexity index is 931. The minimum absolute atomic E-state index is 0.0417. The molecule has 2 aliphatic heterocycles. The second-order valence-electron chi connectivity index (χ2n) is 7.61. The van der Waals surface area contributed by atoms with Crippen LogP contribution in [0.25, 0.3) is 0 Å². The van der Waals surface area contributed by atoms with Gasteiger partial charge in [-0.05, 0) is 30.5 Å². The molecule has 0 saturated carbocycles. The van der Waals surface area contributed by atoms with Gasteiger partial charge in [0.25, 0.3) is 5.91 Å². The van der Waals surface area contributed by atoms with E-state index in [4.69, 9.17) is 0 Å². The molecule has 2 aromatic rings. The maximum absolute atomic E-state index is 13.1. The third-order valence-corrected chi connectivity index (χ3v) is 5.53. The van der Waals surface area contributed by atoms with Gasteiger partial charge < -0.3 is 14.7 Å². The molecule has 1 unspecified atom stereocenters. The van der Waals surface area contributed by atoms with Gasteiger partial charge >= 0.3 is 0 Å². The van der Waals surface area contributed by atoms with Crippen molar-refractivity contribution in [3.63, 3.8) is 0 Å². The molecule has 0 spiro atoms. The van der Waals surface area contributed by atoms with Crippen molar-refractivity contribution in [2.75, 3.05) is 26.2 Å². The lowest BCUT2D eigenvalue weighted by atomic mass is 10.1. The summed E-state index contributed by atoms with van der Waals surface area (Å²) in [6.45, 7) is 3.63. The molecule has 150 valence electrons. The number of aromatic nitrogens is 1. The summed E-state index contributed by atoms with van der Waals surface area (Å²) >= 11 is 0. The lowest BCUT2D eigenvalue weighted by Gasteiger charge is -2.39. The van der Waals surface area contributed by atoms with Gasteiger partial charge in [0.05, 0.1) is 5.56 Å². The molecule has 0 radical (unpaired) electrons. The number of benzene rings is 1. The topological polar surface area (TPSA) is 73.8 Å². The van der Waals surface area contributed by atoms with Crippen molar-refractivity contribution < 1.29 is 14.4 Å². The monoisotopic (exact) mass is 392 g/mol. The summed E-state index contributed by atoms with van der Waals surface area (Å²) in [5.74, 6) is -0.209. The van der Waals surface area contributed by atoms with Crippen LogP contribution in [0.5, 0.6) is 0 Å². The molecule has 2 saturated heterocycles. The van der Waals surface area contributed by atoms with Gasteiger partial charge in [-0.15, -0.1) is 0 Å². The van der Waals surface area contributed by atoms with Crippen molar-refractivity contribution >= 4 is 17.7 Å². The van der Waals surface area contributed by atoms with E-state index in [0.29, 0.717) is 38.2 Å². The normalized spacial score (nSPS) is 19.8. The molecule has 3 heterocycles. The molecule has 1 aromatic carbocycles. The Kier molecular flexibility index (Phi) is 5.29. The predicted octanol–water partition coefficient (Wildman–Crippen LogP) is 1.48. The third kappa shape index (κ3) is 3.99. The molecule has 1 atom stereocenters. The molecule has 3 amide bonds.